The second kappa shape index (κ2) is 4.88. The molecule has 0 saturated carbocycles. The molecule has 1 aromatic heterocycles. The highest BCUT2D eigenvalue weighted by atomic mass is 15.3. The monoisotopic (exact) mass is 247 g/mol. The molecule has 0 saturated heterocycles. The van der Waals surface area contributed by atoms with Crippen molar-refractivity contribution in [3.05, 3.63) is 29.6 Å². The molecule has 0 bridgehead atoms. The Hall–Kier alpha value is -1.09. The van der Waals surface area contributed by atoms with Gasteiger partial charge in [0.15, 0.2) is 0 Å². The van der Waals surface area contributed by atoms with E-state index in [9.17, 15) is 0 Å². The first-order chi connectivity index (χ1) is 8.35. The zero-order chi connectivity index (χ0) is 13.3. The van der Waals surface area contributed by atoms with Gasteiger partial charge in [-0.3, -0.25) is 4.68 Å². The van der Waals surface area contributed by atoms with Crippen LogP contribution in [0.1, 0.15) is 52.3 Å². The Morgan fingerprint density at radius 2 is 2.22 bits per heavy atom. The van der Waals surface area contributed by atoms with Crippen LogP contribution in [0, 0.1) is 5.41 Å². The first-order valence-electron chi connectivity index (χ1n) is 6.85. The number of allylic oxidation sites excluding steroid dienone is 1. The molecule has 0 amide bonds. The summed E-state index contributed by atoms with van der Waals surface area (Å²) in [4.78, 5) is 0. The highest BCUT2D eigenvalue weighted by Crippen LogP contribution is 2.35. The summed E-state index contributed by atoms with van der Waals surface area (Å²) >= 11 is 0. The van der Waals surface area contributed by atoms with Gasteiger partial charge in [0.25, 0.3) is 0 Å². The van der Waals surface area contributed by atoms with Gasteiger partial charge in [-0.2, -0.15) is 5.10 Å². The Kier molecular flexibility index (Phi) is 3.62. The molecular weight excluding hydrogens is 222 g/mol. The third kappa shape index (κ3) is 3.22. The van der Waals surface area contributed by atoms with Crippen molar-refractivity contribution in [2.75, 3.05) is 0 Å². The van der Waals surface area contributed by atoms with Crippen molar-refractivity contribution in [2.24, 2.45) is 11.1 Å². The molecule has 1 aliphatic carbocycles. The Labute approximate surface area is 110 Å². The van der Waals surface area contributed by atoms with Crippen molar-refractivity contribution in [3.63, 3.8) is 0 Å². The Bertz CT molecular complexity index is 440. The van der Waals surface area contributed by atoms with Crippen LogP contribution < -0.4 is 5.73 Å². The Morgan fingerprint density at radius 1 is 1.50 bits per heavy atom. The first kappa shape index (κ1) is 13.3. The minimum Gasteiger partial charge on any atom is -0.324 e. The molecule has 0 aliphatic heterocycles. The second-order valence-corrected chi connectivity index (χ2v) is 6.59. The van der Waals surface area contributed by atoms with Gasteiger partial charge in [0.1, 0.15) is 0 Å². The van der Waals surface area contributed by atoms with E-state index in [0.717, 1.165) is 25.0 Å². The summed E-state index contributed by atoms with van der Waals surface area (Å²) < 4.78 is 2.02. The minimum absolute atomic E-state index is 0.205. The van der Waals surface area contributed by atoms with Gasteiger partial charge in [-0.25, -0.2) is 0 Å². The number of hydrogen-bond acceptors (Lipinski definition) is 2. The minimum atomic E-state index is 0.205. The molecule has 1 unspecified atom stereocenters. The van der Waals surface area contributed by atoms with E-state index in [1.54, 1.807) is 0 Å². The molecule has 100 valence electrons. The summed E-state index contributed by atoms with van der Waals surface area (Å²) in [5.41, 5.74) is 9.02. The maximum absolute atomic E-state index is 6.11. The number of aromatic nitrogens is 2. The third-order valence-electron chi connectivity index (χ3n) is 3.54. The molecular formula is C15H25N3. The predicted octanol–water partition coefficient (Wildman–Crippen LogP) is 3.08. The van der Waals surface area contributed by atoms with Gasteiger partial charge in [0.2, 0.25) is 0 Å². The molecule has 2 rings (SSSR count). The van der Waals surface area contributed by atoms with Crippen molar-refractivity contribution < 1.29 is 0 Å². The van der Waals surface area contributed by atoms with Crippen molar-refractivity contribution in [3.8, 4) is 0 Å². The molecule has 1 heterocycles. The zero-order valence-electron chi connectivity index (χ0n) is 12.0. The molecule has 0 fully saturated rings. The van der Waals surface area contributed by atoms with Gasteiger partial charge < -0.3 is 5.73 Å². The predicted molar refractivity (Wildman–Crippen MR) is 75.4 cm³/mol. The number of rotatable bonds is 3. The quantitative estimate of drug-likeness (QED) is 0.834. The van der Waals surface area contributed by atoms with Crippen LogP contribution >= 0.6 is 0 Å². The van der Waals surface area contributed by atoms with E-state index in [0.29, 0.717) is 11.5 Å². The summed E-state index contributed by atoms with van der Waals surface area (Å²) in [6, 6.07) is 2.75. The van der Waals surface area contributed by atoms with Crippen LogP contribution in [-0.4, -0.2) is 15.8 Å². The van der Waals surface area contributed by atoms with Crippen LogP contribution in [0.4, 0.5) is 0 Å². The van der Waals surface area contributed by atoms with Gasteiger partial charge in [0.05, 0.1) is 5.69 Å². The molecule has 0 spiro atoms. The molecule has 0 radical (unpaired) electrons. The molecule has 3 heteroatoms. The first-order valence-corrected chi connectivity index (χ1v) is 6.85. The Balaban J connectivity index is 2.08. The van der Waals surface area contributed by atoms with Crippen LogP contribution in [0.5, 0.6) is 0 Å². The summed E-state index contributed by atoms with van der Waals surface area (Å²) in [5.74, 6) is 0. The van der Waals surface area contributed by atoms with Crippen LogP contribution in [-0.2, 0) is 6.42 Å². The van der Waals surface area contributed by atoms with Gasteiger partial charge in [-0.05, 0) is 38.2 Å². The number of hydrogen-bond donors (Lipinski definition) is 1. The summed E-state index contributed by atoms with van der Waals surface area (Å²) in [5, 5.41) is 4.61. The van der Waals surface area contributed by atoms with Gasteiger partial charge in [0, 0.05) is 24.7 Å². The molecule has 3 nitrogen and oxygen atoms in total. The average Bonchev–Trinajstić information content (AvgIpc) is 2.62. The van der Waals surface area contributed by atoms with Crippen LogP contribution in [0.2, 0.25) is 0 Å². The molecule has 1 aliphatic rings. The van der Waals surface area contributed by atoms with Crippen molar-refractivity contribution >= 4 is 0 Å². The lowest BCUT2D eigenvalue weighted by Crippen LogP contribution is -2.31. The maximum atomic E-state index is 6.11. The third-order valence-corrected chi connectivity index (χ3v) is 3.54. The fourth-order valence-corrected chi connectivity index (χ4v) is 2.86. The molecule has 18 heavy (non-hydrogen) atoms. The van der Waals surface area contributed by atoms with Gasteiger partial charge >= 0.3 is 0 Å². The number of nitrogens with two attached hydrogens (primary N) is 1. The molecule has 1 atom stereocenters. The molecule has 1 aromatic rings. The highest BCUT2D eigenvalue weighted by Gasteiger charge is 2.27. The van der Waals surface area contributed by atoms with E-state index >= 15 is 0 Å². The fraction of sp³-hybridized carbons (Fsp3) is 0.667. The van der Waals surface area contributed by atoms with Crippen molar-refractivity contribution in [2.45, 2.75) is 59.0 Å². The van der Waals surface area contributed by atoms with Crippen molar-refractivity contribution in [1.29, 1.82) is 0 Å². The van der Waals surface area contributed by atoms with Crippen LogP contribution in [0.25, 0.3) is 0 Å². The normalized spacial score (nSPS) is 23.2. The van der Waals surface area contributed by atoms with E-state index in [-0.39, 0.29) is 6.04 Å². The lowest BCUT2D eigenvalue weighted by molar-refractivity contribution is 0.299. The largest absolute Gasteiger partial charge is 0.324 e. The summed E-state index contributed by atoms with van der Waals surface area (Å²) in [6.07, 6.45) is 7.46. The molecule has 2 N–H and O–H groups in total. The van der Waals surface area contributed by atoms with Gasteiger partial charge in [-0.1, -0.05) is 25.5 Å². The zero-order valence-corrected chi connectivity index (χ0v) is 12.0. The van der Waals surface area contributed by atoms with E-state index in [4.69, 9.17) is 5.73 Å². The highest BCUT2D eigenvalue weighted by molar-refractivity contribution is 5.20. The van der Waals surface area contributed by atoms with E-state index < -0.39 is 0 Å². The SMILES string of the molecule is CC(C)n1ccc(CC2=CC(N)CC(C)(C)C2)n1. The maximum Gasteiger partial charge on any atom is 0.0665 e. The smallest absolute Gasteiger partial charge is 0.0665 e. The lowest BCUT2D eigenvalue weighted by Gasteiger charge is -2.33. The van der Waals surface area contributed by atoms with Crippen molar-refractivity contribution in [1.82, 2.24) is 9.78 Å². The second-order valence-electron chi connectivity index (χ2n) is 6.59. The number of nitrogens with zero attached hydrogens (tertiary/aromatic N) is 2. The summed E-state index contributed by atoms with van der Waals surface area (Å²) in [6.45, 7) is 8.89. The van der Waals surface area contributed by atoms with E-state index in [1.807, 2.05) is 4.68 Å². The van der Waals surface area contributed by atoms with Gasteiger partial charge in [-0.15, -0.1) is 0 Å². The average molecular weight is 247 g/mol. The fourth-order valence-electron chi connectivity index (χ4n) is 2.86. The van der Waals surface area contributed by atoms with E-state index in [1.165, 1.54) is 5.57 Å². The van der Waals surface area contributed by atoms with Crippen LogP contribution in [0.15, 0.2) is 23.9 Å². The standard InChI is InChI=1S/C15H25N3/c1-11(2)18-6-5-14(17-18)8-12-7-13(16)10-15(3,4)9-12/h5-7,11,13H,8-10,16H2,1-4H3. The molecule has 0 aromatic carbocycles. The topological polar surface area (TPSA) is 43.8 Å². The van der Waals surface area contributed by atoms with Crippen LogP contribution in [0.3, 0.4) is 0 Å². The summed E-state index contributed by atoms with van der Waals surface area (Å²) in [7, 11) is 0. The lowest BCUT2D eigenvalue weighted by atomic mass is 9.74. The van der Waals surface area contributed by atoms with E-state index in [2.05, 4.69) is 51.1 Å². The Morgan fingerprint density at radius 3 is 2.78 bits per heavy atom.